The molecule has 26 heavy (non-hydrogen) atoms. The SMILES string of the molecule is CC(NC(=O)CN1CCC(N)C(C)(C)C1)c1cccc2ccccc12.Cl. The standard InChI is InChI=1S/C21H29N3O.ClH/c1-15(17-10-6-8-16-7-4-5-9-18(16)17)23-20(25)13-24-12-11-19(22)21(2,3)14-24;/h4-10,15,19H,11-14,22H2,1-3H3,(H,23,25);1H. The molecule has 1 heterocycles. The number of benzene rings is 2. The molecule has 2 atom stereocenters. The Hall–Kier alpha value is -1.62. The quantitative estimate of drug-likeness (QED) is 0.859. The van der Waals surface area contributed by atoms with Gasteiger partial charge in [0.25, 0.3) is 0 Å². The normalized spacial score (nSPS) is 21.0. The minimum atomic E-state index is -0.0151. The molecule has 2 unspecified atom stereocenters. The summed E-state index contributed by atoms with van der Waals surface area (Å²) < 4.78 is 0. The van der Waals surface area contributed by atoms with Crippen LogP contribution in [0.15, 0.2) is 42.5 Å². The van der Waals surface area contributed by atoms with Crippen LogP contribution in [0.3, 0.4) is 0 Å². The number of nitrogens with zero attached hydrogens (tertiary/aromatic N) is 1. The smallest absolute Gasteiger partial charge is 0.234 e. The van der Waals surface area contributed by atoms with E-state index in [1.165, 1.54) is 10.8 Å². The summed E-state index contributed by atoms with van der Waals surface area (Å²) in [5.74, 6) is 0.0757. The Morgan fingerprint density at radius 3 is 2.69 bits per heavy atom. The van der Waals surface area contributed by atoms with Gasteiger partial charge in [-0.25, -0.2) is 0 Å². The largest absolute Gasteiger partial charge is 0.348 e. The molecule has 1 aliphatic heterocycles. The van der Waals surface area contributed by atoms with Gasteiger partial charge in [0.1, 0.15) is 0 Å². The number of fused-ring (bicyclic) bond motifs is 1. The van der Waals surface area contributed by atoms with E-state index in [1.807, 2.05) is 12.1 Å². The molecule has 1 aliphatic rings. The maximum atomic E-state index is 12.5. The summed E-state index contributed by atoms with van der Waals surface area (Å²) in [6.45, 7) is 8.60. The van der Waals surface area contributed by atoms with Crippen molar-refractivity contribution in [3.05, 3.63) is 48.0 Å². The van der Waals surface area contributed by atoms with Crippen LogP contribution in [0.25, 0.3) is 10.8 Å². The lowest BCUT2D eigenvalue weighted by Crippen LogP contribution is -2.54. The molecule has 3 rings (SSSR count). The molecular weight excluding hydrogens is 346 g/mol. The van der Waals surface area contributed by atoms with Gasteiger partial charge in [-0.05, 0) is 35.1 Å². The van der Waals surface area contributed by atoms with Crippen molar-refractivity contribution in [2.24, 2.45) is 11.1 Å². The molecule has 3 N–H and O–H groups in total. The van der Waals surface area contributed by atoms with Crippen LogP contribution in [0.2, 0.25) is 0 Å². The summed E-state index contributed by atoms with van der Waals surface area (Å²) >= 11 is 0. The van der Waals surface area contributed by atoms with E-state index in [-0.39, 0.29) is 35.8 Å². The minimum absolute atomic E-state index is 0. The highest BCUT2D eigenvalue weighted by Crippen LogP contribution is 2.28. The molecule has 1 fully saturated rings. The first-order chi connectivity index (χ1) is 11.9. The van der Waals surface area contributed by atoms with Crippen molar-refractivity contribution in [2.75, 3.05) is 19.6 Å². The third-order valence-corrected chi connectivity index (χ3v) is 5.43. The van der Waals surface area contributed by atoms with Crippen LogP contribution in [-0.4, -0.2) is 36.5 Å². The zero-order valence-corrected chi connectivity index (χ0v) is 16.7. The molecule has 0 aromatic heterocycles. The molecule has 4 nitrogen and oxygen atoms in total. The van der Waals surface area contributed by atoms with Crippen LogP contribution in [0.1, 0.15) is 38.8 Å². The second-order valence-electron chi connectivity index (χ2n) is 7.95. The number of likely N-dealkylation sites (tertiary alicyclic amines) is 1. The molecule has 0 aliphatic carbocycles. The van der Waals surface area contributed by atoms with Crippen LogP contribution >= 0.6 is 12.4 Å². The number of carbonyl (C=O) groups excluding carboxylic acids is 1. The van der Waals surface area contributed by atoms with Crippen LogP contribution in [0, 0.1) is 5.41 Å². The number of piperidine rings is 1. The Kier molecular flexibility index (Phi) is 6.67. The highest BCUT2D eigenvalue weighted by molar-refractivity contribution is 5.87. The average molecular weight is 376 g/mol. The first-order valence-electron chi connectivity index (χ1n) is 9.12. The van der Waals surface area contributed by atoms with Gasteiger partial charge in [-0.3, -0.25) is 9.69 Å². The van der Waals surface area contributed by atoms with E-state index in [2.05, 4.69) is 61.3 Å². The number of amides is 1. The van der Waals surface area contributed by atoms with Gasteiger partial charge in [-0.15, -0.1) is 12.4 Å². The van der Waals surface area contributed by atoms with Gasteiger partial charge in [-0.2, -0.15) is 0 Å². The predicted octanol–water partition coefficient (Wildman–Crippen LogP) is 3.50. The Morgan fingerprint density at radius 2 is 1.96 bits per heavy atom. The third kappa shape index (κ3) is 4.56. The van der Waals surface area contributed by atoms with Crippen molar-refractivity contribution in [1.82, 2.24) is 10.2 Å². The molecule has 142 valence electrons. The Morgan fingerprint density at radius 1 is 1.27 bits per heavy atom. The van der Waals surface area contributed by atoms with Gasteiger partial charge in [-0.1, -0.05) is 56.3 Å². The third-order valence-electron chi connectivity index (χ3n) is 5.43. The summed E-state index contributed by atoms with van der Waals surface area (Å²) in [6, 6.07) is 14.7. The monoisotopic (exact) mass is 375 g/mol. The van der Waals surface area contributed by atoms with Gasteiger partial charge in [0, 0.05) is 19.1 Å². The topological polar surface area (TPSA) is 58.4 Å². The minimum Gasteiger partial charge on any atom is -0.348 e. The maximum Gasteiger partial charge on any atom is 0.234 e. The zero-order chi connectivity index (χ0) is 18.0. The lowest BCUT2D eigenvalue weighted by atomic mass is 9.80. The van der Waals surface area contributed by atoms with Crippen LogP contribution in [0.5, 0.6) is 0 Å². The number of nitrogens with two attached hydrogens (primary N) is 1. The summed E-state index contributed by atoms with van der Waals surface area (Å²) in [4.78, 5) is 14.8. The molecule has 0 bridgehead atoms. The van der Waals surface area contributed by atoms with Gasteiger partial charge < -0.3 is 11.1 Å². The number of carbonyl (C=O) groups is 1. The summed E-state index contributed by atoms with van der Waals surface area (Å²) in [6.07, 6.45) is 0.944. The Balaban J connectivity index is 0.00000243. The van der Waals surface area contributed by atoms with Crippen LogP contribution < -0.4 is 11.1 Å². The number of hydrogen-bond acceptors (Lipinski definition) is 3. The zero-order valence-electron chi connectivity index (χ0n) is 15.9. The lowest BCUT2D eigenvalue weighted by Gasteiger charge is -2.42. The number of rotatable bonds is 4. The summed E-state index contributed by atoms with van der Waals surface area (Å²) in [5, 5.41) is 5.56. The number of halogens is 1. The van der Waals surface area contributed by atoms with Gasteiger partial charge in [0.15, 0.2) is 0 Å². The van der Waals surface area contributed by atoms with Gasteiger partial charge in [0.2, 0.25) is 5.91 Å². The second kappa shape index (κ2) is 8.38. The van der Waals surface area contributed by atoms with Crippen molar-refractivity contribution < 1.29 is 4.79 Å². The molecule has 0 saturated carbocycles. The summed E-state index contributed by atoms with van der Waals surface area (Å²) in [7, 11) is 0. The van der Waals surface area contributed by atoms with E-state index in [0.29, 0.717) is 6.54 Å². The van der Waals surface area contributed by atoms with E-state index in [1.54, 1.807) is 0 Å². The lowest BCUT2D eigenvalue weighted by molar-refractivity contribution is -0.123. The first kappa shape index (κ1) is 20.7. The van der Waals surface area contributed by atoms with Crippen LogP contribution in [-0.2, 0) is 4.79 Å². The van der Waals surface area contributed by atoms with E-state index < -0.39 is 0 Å². The fraction of sp³-hybridized carbons (Fsp3) is 0.476. The average Bonchev–Trinajstić information content (AvgIpc) is 2.57. The molecule has 2 aromatic carbocycles. The fourth-order valence-electron chi connectivity index (χ4n) is 3.82. The highest BCUT2D eigenvalue weighted by atomic mass is 35.5. The number of nitrogens with one attached hydrogen (secondary N) is 1. The van der Waals surface area contributed by atoms with Gasteiger partial charge >= 0.3 is 0 Å². The first-order valence-corrected chi connectivity index (χ1v) is 9.12. The highest BCUT2D eigenvalue weighted by Gasteiger charge is 2.34. The van der Waals surface area contributed by atoms with Crippen molar-refractivity contribution in [3.63, 3.8) is 0 Å². The summed E-state index contributed by atoms with van der Waals surface area (Å²) in [5.41, 5.74) is 7.40. The Labute approximate surface area is 162 Å². The number of hydrogen-bond donors (Lipinski definition) is 2. The molecular formula is C21H30ClN3O. The van der Waals surface area contributed by atoms with Gasteiger partial charge in [0.05, 0.1) is 12.6 Å². The molecule has 5 heteroatoms. The predicted molar refractivity (Wildman–Crippen MR) is 111 cm³/mol. The molecule has 1 amide bonds. The second-order valence-corrected chi connectivity index (χ2v) is 7.95. The molecule has 1 saturated heterocycles. The maximum absolute atomic E-state index is 12.5. The molecule has 0 spiro atoms. The van der Waals surface area contributed by atoms with Crippen molar-refractivity contribution >= 4 is 29.1 Å². The van der Waals surface area contributed by atoms with Crippen LogP contribution in [0.4, 0.5) is 0 Å². The van der Waals surface area contributed by atoms with Crippen molar-refractivity contribution in [1.29, 1.82) is 0 Å². The van der Waals surface area contributed by atoms with Crippen molar-refractivity contribution in [2.45, 2.75) is 39.3 Å². The molecule has 2 aromatic rings. The van der Waals surface area contributed by atoms with E-state index >= 15 is 0 Å². The fourth-order valence-corrected chi connectivity index (χ4v) is 3.82. The Bertz CT molecular complexity index is 757. The van der Waals surface area contributed by atoms with Crippen molar-refractivity contribution in [3.8, 4) is 0 Å². The van der Waals surface area contributed by atoms with E-state index in [0.717, 1.165) is 25.1 Å². The molecule has 0 radical (unpaired) electrons. The van der Waals surface area contributed by atoms with E-state index in [9.17, 15) is 4.79 Å². The van der Waals surface area contributed by atoms with E-state index in [4.69, 9.17) is 5.73 Å².